The number of benzene rings is 1. The number of hydroxylamine groups is 1. The molecule has 8 heteroatoms. The fourth-order valence-corrected chi connectivity index (χ4v) is 4.21. The molecular formula is C17H14FN3O2S2. The molecule has 1 N–H and O–H groups in total. The predicted molar refractivity (Wildman–Crippen MR) is 97.9 cm³/mol. The monoisotopic (exact) mass is 375 g/mol. The van der Waals surface area contributed by atoms with Crippen molar-refractivity contribution in [2.75, 3.05) is 11.4 Å². The minimum atomic E-state index is -0.636. The van der Waals surface area contributed by atoms with Gasteiger partial charge in [0, 0.05) is 24.5 Å². The number of rotatable bonds is 6. The Bertz CT molecular complexity index is 841. The van der Waals surface area contributed by atoms with Crippen LogP contribution in [0.25, 0.3) is 10.6 Å². The van der Waals surface area contributed by atoms with Gasteiger partial charge in [-0.2, -0.15) is 5.48 Å². The highest BCUT2D eigenvalue weighted by Gasteiger charge is 2.10. The van der Waals surface area contributed by atoms with Gasteiger partial charge in [-0.05, 0) is 65.0 Å². The third-order valence-electron chi connectivity index (χ3n) is 3.35. The van der Waals surface area contributed by atoms with Gasteiger partial charge in [0.25, 0.3) is 5.91 Å². The van der Waals surface area contributed by atoms with Gasteiger partial charge in [-0.3, -0.25) is 9.78 Å². The molecule has 1 amide bonds. The second kappa shape index (κ2) is 8.11. The van der Waals surface area contributed by atoms with Crippen LogP contribution in [0.1, 0.15) is 10.4 Å². The first kappa shape index (κ1) is 17.4. The molecule has 0 fully saturated rings. The van der Waals surface area contributed by atoms with Crippen molar-refractivity contribution in [2.24, 2.45) is 0 Å². The Morgan fingerprint density at radius 1 is 1.20 bits per heavy atom. The van der Waals surface area contributed by atoms with Crippen molar-refractivity contribution in [1.29, 1.82) is 0 Å². The smallest absolute Gasteiger partial charge is 0.277 e. The number of nitrogens with one attached hydrogen (secondary N) is 1. The van der Waals surface area contributed by atoms with Crippen LogP contribution in [0.5, 0.6) is 0 Å². The molecule has 0 saturated heterocycles. The van der Waals surface area contributed by atoms with Crippen LogP contribution in [0.15, 0.2) is 65.0 Å². The topological polar surface area (TPSA) is 54.5 Å². The number of amides is 1. The van der Waals surface area contributed by atoms with Crippen molar-refractivity contribution in [3.05, 3.63) is 66.4 Å². The number of hydrogen-bond acceptors (Lipinski definition) is 6. The molecule has 0 atom stereocenters. The zero-order chi connectivity index (χ0) is 17.6. The van der Waals surface area contributed by atoms with Gasteiger partial charge < -0.3 is 4.31 Å². The largest absolute Gasteiger partial charge is 0.315 e. The zero-order valence-electron chi connectivity index (χ0n) is 13.2. The second-order valence-corrected chi connectivity index (χ2v) is 7.49. The van der Waals surface area contributed by atoms with E-state index in [0.717, 1.165) is 20.5 Å². The van der Waals surface area contributed by atoms with Crippen LogP contribution in [0.2, 0.25) is 0 Å². The fraction of sp³-hybridized carbons (Fsp3) is 0.0588. The Labute approximate surface area is 152 Å². The van der Waals surface area contributed by atoms with Crippen LogP contribution in [0.3, 0.4) is 0 Å². The van der Waals surface area contributed by atoms with Crippen LogP contribution >= 0.6 is 23.3 Å². The predicted octanol–water partition coefficient (Wildman–Crippen LogP) is 4.50. The summed E-state index contributed by atoms with van der Waals surface area (Å²) in [6.45, 7) is 0. The van der Waals surface area contributed by atoms with Gasteiger partial charge in [0.2, 0.25) is 0 Å². The van der Waals surface area contributed by atoms with E-state index in [-0.39, 0.29) is 0 Å². The standard InChI is InChI=1S/C17H14FN3O2S2/c1-21(13-7-5-12(6-8-13)17(22)20-23-18)25-16-10-9-15(24-16)14-4-2-3-11-19-14/h2-11H,1H3,(H,20,22). The van der Waals surface area contributed by atoms with Crippen molar-refractivity contribution in [1.82, 2.24) is 10.5 Å². The third-order valence-corrected chi connectivity index (χ3v) is 5.53. The fourth-order valence-electron chi connectivity index (χ4n) is 2.12. The van der Waals surface area contributed by atoms with E-state index in [9.17, 15) is 9.32 Å². The van der Waals surface area contributed by atoms with Crippen LogP contribution < -0.4 is 9.79 Å². The molecule has 0 unspecified atom stereocenters. The summed E-state index contributed by atoms with van der Waals surface area (Å²) in [7, 11) is 1.94. The molecule has 1 aromatic carbocycles. The maximum Gasteiger partial charge on any atom is 0.277 e. The van der Waals surface area contributed by atoms with E-state index in [0.29, 0.717) is 5.56 Å². The Morgan fingerprint density at radius 2 is 2.00 bits per heavy atom. The van der Waals surface area contributed by atoms with Gasteiger partial charge in [0.1, 0.15) is 0 Å². The molecule has 3 aromatic rings. The zero-order valence-corrected chi connectivity index (χ0v) is 14.8. The van der Waals surface area contributed by atoms with Crippen molar-refractivity contribution >= 4 is 34.9 Å². The van der Waals surface area contributed by atoms with E-state index in [2.05, 4.69) is 16.1 Å². The first-order chi connectivity index (χ1) is 12.2. The minimum absolute atomic E-state index is 0.313. The van der Waals surface area contributed by atoms with Gasteiger partial charge in [-0.1, -0.05) is 11.1 Å². The molecule has 25 heavy (non-hydrogen) atoms. The molecule has 0 aliphatic carbocycles. The van der Waals surface area contributed by atoms with Crippen LogP contribution in [0.4, 0.5) is 10.2 Å². The van der Waals surface area contributed by atoms with Crippen LogP contribution in [-0.4, -0.2) is 17.9 Å². The van der Waals surface area contributed by atoms with Gasteiger partial charge in [-0.25, -0.2) is 0 Å². The second-order valence-electron chi connectivity index (χ2n) is 4.98. The molecule has 3 rings (SSSR count). The highest BCUT2D eigenvalue weighted by atomic mass is 32.2. The van der Waals surface area contributed by atoms with Crippen molar-refractivity contribution in [2.45, 2.75) is 4.21 Å². The molecule has 0 spiro atoms. The molecule has 0 saturated carbocycles. The number of carbonyl (C=O) groups excluding carboxylic acids is 1. The molecule has 0 bridgehead atoms. The summed E-state index contributed by atoms with van der Waals surface area (Å²) in [5.41, 5.74) is 3.82. The first-order valence-corrected chi connectivity index (χ1v) is 8.87. The third kappa shape index (κ3) is 4.36. The highest BCUT2D eigenvalue weighted by Crippen LogP contribution is 2.36. The average molecular weight is 375 g/mol. The Morgan fingerprint density at radius 3 is 2.68 bits per heavy atom. The number of nitrogens with zero attached hydrogens (tertiary/aromatic N) is 2. The number of thiophene rings is 1. The molecule has 0 aliphatic heterocycles. The Kier molecular flexibility index (Phi) is 5.64. The van der Waals surface area contributed by atoms with Gasteiger partial charge in [-0.15, -0.1) is 11.3 Å². The lowest BCUT2D eigenvalue weighted by atomic mass is 10.2. The summed E-state index contributed by atoms with van der Waals surface area (Å²) < 4.78 is 14.8. The summed E-state index contributed by atoms with van der Waals surface area (Å²) in [5, 5.41) is 3.14. The number of anilines is 1. The first-order valence-electron chi connectivity index (χ1n) is 7.28. The van der Waals surface area contributed by atoms with E-state index in [1.165, 1.54) is 0 Å². The number of halogens is 1. The Hall–Kier alpha value is -2.42. The summed E-state index contributed by atoms with van der Waals surface area (Å²) >= 11 is 3.24. The lowest BCUT2D eigenvalue weighted by Crippen LogP contribution is -2.20. The molecule has 128 valence electrons. The molecule has 2 heterocycles. The van der Waals surface area contributed by atoms with Gasteiger partial charge >= 0.3 is 0 Å². The molecule has 0 radical (unpaired) electrons. The van der Waals surface area contributed by atoms with Crippen molar-refractivity contribution < 1.29 is 14.4 Å². The lowest BCUT2D eigenvalue weighted by molar-refractivity contribution is -0.176. The van der Waals surface area contributed by atoms with Crippen molar-refractivity contribution in [3.63, 3.8) is 0 Å². The van der Waals surface area contributed by atoms with Crippen LogP contribution in [-0.2, 0) is 5.04 Å². The summed E-state index contributed by atoms with van der Waals surface area (Å²) in [6, 6.07) is 16.7. The number of hydrogen-bond donors (Lipinski definition) is 1. The molecule has 2 aromatic heterocycles. The number of aromatic nitrogens is 1. The van der Waals surface area contributed by atoms with Crippen LogP contribution in [0, 0.1) is 0 Å². The van der Waals surface area contributed by atoms with E-state index in [1.54, 1.807) is 59.2 Å². The summed E-state index contributed by atoms with van der Waals surface area (Å²) in [4.78, 5) is 16.9. The quantitative estimate of drug-likeness (QED) is 0.508. The Balaban J connectivity index is 1.67. The van der Waals surface area contributed by atoms with Gasteiger partial charge in [0.05, 0.1) is 14.8 Å². The van der Waals surface area contributed by atoms with E-state index >= 15 is 0 Å². The maximum atomic E-state index is 11.7. The molecular weight excluding hydrogens is 361 g/mol. The molecule has 5 nitrogen and oxygen atoms in total. The number of carbonyl (C=O) groups is 1. The highest BCUT2D eigenvalue weighted by molar-refractivity contribution is 8.02. The minimum Gasteiger partial charge on any atom is -0.315 e. The maximum absolute atomic E-state index is 11.7. The molecule has 0 aliphatic rings. The van der Waals surface area contributed by atoms with E-state index in [1.807, 2.05) is 35.6 Å². The average Bonchev–Trinajstić information content (AvgIpc) is 3.11. The van der Waals surface area contributed by atoms with Crippen molar-refractivity contribution in [3.8, 4) is 10.6 Å². The summed E-state index contributed by atoms with van der Waals surface area (Å²) in [6.07, 6.45) is 1.78. The van der Waals surface area contributed by atoms with E-state index in [4.69, 9.17) is 0 Å². The number of pyridine rings is 1. The van der Waals surface area contributed by atoms with Gasteiger partial charge in [0.15, 0.2) is 0 Å². The lowest BCUT2D eigenvalue weighted by Gasteiger charge is -2.16. The van der Waals surface area contributed by atoms with E-state index < -0.39 is 5.91 Å². The normalized spacial score (nSPS) is 10.5. The summed E-state index contributed by atoms with van der Waals surface area (Å²) in [5.74, 6) is -0.636. The SMILES string of the molecule is CN(Sc1ccc(-c2ccccn2)s1)c1ccc(C(=O)NOF)cc1.